The predicted octanol–water partition coefficient (Wildman–Crippen LogP) is 0.334. The Hall–Kier alpha value is -2.24. The fourth-order valence-electron chi connectivity index (χ4n) is 1.35. The largest absolute Gasteiger partial charge is 0.235 e. The van der Waals surface area contributed by atoms with Crippen LogP contribution in [0.1, 0.15) is 0 Å². The minimum absolute atomic E-state index is 0.907. The Morgan fingerprint density at radius 2 is 2.07 bits per heavy atom. The molecule has 0 N–H and O–H groups in total. The Morgan fingerprint density at radius 1 is 1.14 bits per heavy atom. The normalized spacial score (nSPS) is 10.9. The Labute approximate surface area is 78.8 Å². The molecule has 14 heavy (non-hydrogen) atoms. The zero-order valence-corrected chi connectivity index (χ0v) is 7.15. The second-order valence-electron chi connectivity index (χ2n) is 2.78. The summed E-state index contributed by atoms with van der Waals surface area (Å²) < 4.78 is 1.72. The van der Waals surface area contributed by atoms with E-state index in [9.17, 15) is 0 Å². The van der Waals surface area contributed by atoms with Crippen LogP contribution < -0.4 is 0 Å². The van der Waals surface area contributed by atoms with Gasteiger partial charge in [-0.05, 0) is 17.3 Å². The monoisotopic (exact) mass is 186 g/mol. The summed E-state index contributed by atoms with van der Waals surface area (Å²) in [6.07, 6.45) is 3.04. The maximum absolute atomic E-state index is 4.21. The van der Waals surface area contributed by atoms with Gasteiger partial charge >= 0.3 is 0 Å². The highest BCUT2D eigenvalue weighted by Gasteiger charge is 2.03. The molecule has 0 aliphatic carbocycles. The number of rotatable bonds is 1. The smallest absolute Gasteiger partial charge is 0.164 e. The van der Waals surface area contributed by atoms with Gasteiger partial charge in [0.05, 0.1) is 11.0 Å². The molecule has 0 aliphatic heterocycles. The molecule has 3 rings (SSSR count). The molecule has 0 radical (unpaired) electrons. The molecule has 6 nitrogen and oxygen atoms in total. The number of fused-ring (bicyclic) bond motifs is 1. The maximum atomic E-state index is 4.21. The van der Waals surface area contributed by atoms with E-state index in [0.717, 1.165) is 11.0 Å². The van der Waals surface area contributed by atoms with E-state index in [0.29, 0.717) is 0 Å². The first-order valence-electron chi connectivity index (χ1n) is 4.11. The topological polar surface area (TPSA) is 61.4 Å². The predicted molar refractivity (Wildman–Crippen MR) is 48.3 cm³/mol. The van der Waals surface area contributed by atoms with Crippen molar-refractivity contribution in [3.63, 3.8) is 0 Å². The van der Waals surface area contributed by atoms with Crippen molar-refractivity contribution in [3.05, 3.63) is 36.9 Å². The third-order valence-electron chi connectivity index (χ3n) is 1.97. The van der Waals surface area contributed by atoms with Crippen molar-refractivity contribution in [2.24, 2.45) is 0 Å². The first-order chi connectivity index (χ1) is 6.95. The van der Waals surface area contributed by atoms with E-state index in [4.69, 9.17) is 0 Å². The van der Waals surface area contributed by atoms with Gasteiger partial charge in [0.15, 0.2) is 6.33 Å². The number of nitrogens with zero attached hydrogens (tertiary/aromatic N) is 6. The lowest BCUT2D eigenvalue weighted by Crippen LogP contribution is -2.11. The highest BCUT2D eigenvalue weighted by molar-refractivity contribution is 5.74. The van der Waals surface area contributed by atoms with Gasteiger partial charge in [0.1, 0.15) is 6.33 Å². The molecule has 0 aliphatic rings. The van der Waals surface area contributed by atoms with E-state index in [-0.39, 0.29) is 0 Å². The van der Waals surface area contributed by atoms with Gasteiger partial charge in [-0.15, -0.1) is 10.2 Å². The average molecular weight is 186 g/mol. The highest BCUT2D eigenvalue weighted by Crippen LogP contribution is 2.10. The van der Waals surface area contributed by atoms with Crippen molar-refractivity contribution < 1.29 is 0 Å². The number of aromatic nitrogens is 6. The third kappa shape index (κ3) is 0.905. The Bertz CT molecular complexity index is 552. The van der Waals surface area contributed by atoms with E-state index in [1.807, 2.05) is 24.3 Å². The quantitative estimate of drug-likeness (QED) is 0.549. The Kier molecular flexibility index (Phi) is 1.35. The lowest BCUT2D eigenvalue weighted by atomic mass is 10.3. The molecule has 6 heteroatoms. The molecule has 1 aromatic carbocycles. The van der Waals surface area contributed by atoms with Crippen LogP contribution in [-0.4, -0.2) is 30.0 Å². The van der Waals surface area contributed by atoms with Crippen molar-refractivity contribution in [3.8, 4) is 0 Å². The molecule has 0 saturated heterocycles. The maximum Gasteiger partial charge on any atom is 0.164 e. The van der Waals surface area contributed by atoms with E-state index >= 15 is 0 Å². The summed E-state index contributed by atoms with van der Waals surface area (Å²) in [5.41, 5.74) is 1.86. The summed E-state index contributed by atoms with van der Waals surface area (Å²) in [6, 6.07) is 7.76. The second-order valence-corrected chi connectivity index (χ2v) is 2.78. The summed E-state index contributed by atoms with van der Waals surface area (Å²) in [5, 5.41) is 11.4. The lowest BCUT2D eigenvalue weighted by Gasteiger charge is -1.98. The second kappa shape index (κ2) is 2.63. The van der Waals surface area contributed by atoms with Crippen LogP contribution in [0.4, 0.5) is 0 Å². The van der Waals surface area contributed by atoms with Crippen molar-refractivity contribution in [2.45, 2.75) is 0 Å². The van der Waals surface area contributed by atoms with Crippen LogP contribution in [0.2, 0.25) is 0 Å². The SMILES string of the molecule is c1ccc2c(c1)ncn2-n1ncnn1. The van der Waals surface area contributed by atoms with E-state index < -0.39 is 0 Å². The molecular weight excluding hydrogens is 180 g/mol. The van der Waals surface area contributed by atoms with Crippen molar-refractivity contribution >= 4 is 11.0 Å². The van der Waals surface area contributed by atoms with Gasteiger partial charge in [0, 0.05) is 0 Å². The molecule has 0 fully saturated rings. The molecule has 0 amide bonds. The zero-order chi connectivity index (χ0) is 9.38. The molecule has 0 bridgehead atoms. The number of hydrogen-bond acceptors (Lipinski definition) is 4. The fourth-order valence-corrected chi connectivity index (χ4v) is 1.35. The average Bonchev–Trinajstić information content (AvgIpc) is 2.85. The van der Waals surface area contributed by atoms with Crippen LogP contribution in [0.25, 0.3) is 11.0 Å². The van der Waals surface area contributed by atoms with Gasteiger partial charge in [0.25, 0.3) is 0 Å². The Balaban J connectivity index is 2.33. The molecular formula is C8H6N6. The van der Waals surface area contributed by atoms with Gasteiger partial charge in [-0.3, -0.25) is 0 Å². The first-order valence-corrected chi connectivity index (χ1v) is 4.11. The minimum Gasteiger partial charge on any atom is -0.235 e. The highest BCUT2D eigenvalue weighted by atomic mass is 15.8. The zero-order valence-electron chi connectivity index (χ0n) is 7.15. The van der Waals surface area contributed by atoms with Crippen LogP contribution in [-0.2, 0) is 0 Å². The van der Waals surface area contributed by atoms with Crippen LogP contribution in [0.15, 0.2) is 36.9 Å². The van der Waals surface area contributed by atoms with E-state index in [2.05, 4.69) is 20.4 Å². The molecule has 0 atom stereocenters. The molecule has 2 aromatic heterocycles. The van der Waals surface area contributed by atoms with E-state index in [1.54, 1.807) is 11.0 Å². The van der Waals surface area contributed by atoms with Crippen molar-refractivity contribution in [1.82, 2.24) is 30.0 Å². The third-order valence-corrected chi connectivity index (χ3v) is 1.97. The van der Waals surface area contributed by atoms with Crippen LogP contribution in [0, 0.1) is 0 Å². The minimum atomic E-state index is 0.907. The molecule has 0 unspecified atom stereocenters. The lowest BCUT2D eigenvalue weighted by molar-refractivity contribution is 0.496. The van der Waals surface area contributed by atoms with E-state index in [1.165, 1.54) is 11.2 Å². The first kappa shape index (κ1) is 7.19. The summed E-state index contributed by atoms with van der Waals surface area (Å²) in [7, 11) is 0. The number of para-hydroxylation sites is 2. The van der Waals surface area contributed by atoms with Crippen molar-refractivity contribution in [2.75, 3.05) is 0 Å². The number of hydrogen-bond donors (Lipinski definition) is 0. The molecule has 0 spiro atoms. The molecule has 3 aromatic rings. The summed E-state index contributed by atoms with van der Waals surface area (Å²) in [5.74, 6) is 0. The van der Waals surface area contributed by atoms with Gasteiger partial charge in [-0.1, -0.05) is 17.0 Å². The molecule has 2 heterocycles. The van der Waals surface area contributed by atoms with Crippen LogP contribution >= 0.6 is 0 Å². The van der Waals surface area contributed by atoms with Crippen LogP contribution in [0.3, 0.4) is 0 Å². The van der Waals surface area contributed by atoms with Crippen LogP contribution in [0.5, 0.6) is 0 Å². The number of imidazole rings is 1. The number of tetrazole rings is 1. The molecule has 0 saturated carbocycles. The van der Waals surface area contributed by atoms with Crippen molar-refractivity contribution in [1.29, 1.82) is 0 Å². The standard InChI is InChI=1S/C8H6N6/c1-2-4-8-7(3-1)9-6-13(8)14-11-5-10-12-14/h1-6H. The summed E-state index contributed by atoms with van der Waals surface area (Å²) in [4.78, 5) is 5.59. The van der Waals surface area contributed by atoms with Gasteiger partial charge < -0.3 is 0 Å². The van der Waals surface area contributed by atoms with Gasteiger partial charge in [0.2, 0.25) is 0 Å². The van der Waals surface area contributed by atoms with Gasteiger partial charge in [-0.25, -0.2) is 9.66 Å². The number of benzene rings is 1. The molecule has 68 valence electrons. The Morgan fingerprint density at radius 3 is 2.93 bits per heavy atom. The van der Waals surface area contributed by atoms with Gasteiger partial charge in [-0.2, -0.15) is 0 Å². The fraction of sp³-hybridized carbons (Fsp3) is 0. The summed E-state index contributed by atoms with van der Waals surface area (Å²) in [6.45, 7) is 0. The summed E-state index contributed by atoms with van der Waals surface area (Å²) >= 11 is 0.